The maximum Gasteiger partial charge on any atom is 0.338 e. The summed E-state index contributed by atoms with van der Waals surface area (Å²) in [5.74, 6) is 0.301. The number of carbonyl (C=O) groups excluding carboxylic acids is 2. The zero-order chi connectivity index (χ0) is 19.3. The standard InChI is InChI=1S/C17H20BrN3O5/c1-5-25-16-12(18)7-11(8-13(16)24-4)17(23)26-9-15(22)19-14-6-10(2)20-21(14)3/h6-8H,5,9H2,1-4H3,(H,19,22). The summed E-state index contributed by atoms with van der Waals surface area (Å²) in [6, 6.07) is 4.77. The van der Waals surface area contributed by atoms with Crippen LogP contribution in [0.15, 0.2) is 22.7 Å². The molecule has 1 amide bonds. The quantitative estimate of drug-likeness (QED) is 0.685. The number of hydrogen-bond donors (Lipinski definition) is 1. The molecule has 2 rings (SSSR count). The smallest absolute Gasteiger partial charge is 0.338 e. The zero-order valence-electron chi connectivity index (χ0n) is 15.0. The molecule has 0 radical (unpaired) electrons. The van der Waals surface area contributed by atoms with Crippen molar-refractivity contribution in [2.75, 3.05) is 25.6 Å². The number of carbonyl (C=O) groups is 2. The van der Waals surface area contributed by atoms with Gasteiger partial charge < -0.3 is 19.5 Å². The Morgan fingerprint density at radius 1 is 1.31 bits per heavy atom. The van der Waals surface area contributed by atoms with E-state index in [0.717, 1.165) is 5.69 Å². The molecule has 1 aromatic carbocycles. The lowest BCUT2D eigenvalue weighted by Gasteiger charge is -2.13. The first-order chi connectivity index (χ1) is 12.3. The number of aryl methyl sites for hydroxylation is 2. The highest BCUT2D eigenvalue weighted by Gasteiger charge is 2.17. The van der Waals surface area contributed by atoms with Crippen LogP contribution in [0.2, 0.25) is 0 Å². The lowest BCUT2D eigenvalue weighted by molar-refractivity contribution is -0.119. The highest BCUT2D eigenvalue weighted by molar-refractivity contribution is 9.10. The second-order valence-electron chi connectivity index (χ2n) is 5.34. The topological polar surface area (TPSA) is 91.7 Å². The van der Waals surface area contributed by atoms with E-state index in [4.69, 9.17) is 14.2 Å². The Morgan fingerprint density at radius 3 is 2.62 bits per heavy atom. The molecule has 0 fully saturated rings. The molecule has 1 heterocycles. The Morgan fingerprint density at radius 2 is 2.04 bits per heavy atom. The maximum absolute atomic E-state index is 12.2. The summed E-state index contributed by atoms with van der Waals surface area (Å²) in [6.07, 6.45) is 0. The largest absolute Gasteiger partial charge is 0.493 e. The van der Waals surface area contributed by atoms with E-state index in [1.165, 1.54) is 17.9 Å². The van der Waals surface area contributed by atoms with Crippen LogP contribution in [0.25, 0.3) is 0 Å². The van der Waals surface area contributed by atoms with Crippen molar-refractivity contribution in [1.29, 1.82) is 0 Å². The fourth-order valence-corrected chi connectivity index (χ4v) is 2.80. The van der Waals surface area contributed by atoms with Crippen LogP contribution in [-0.2, 0) is 16.6 Å². The van der Waals surface area contributed by atoms with Crippen LogP contribution in [0, 0.1) is 6.92 Å². The second kappa shape index (κ2) is 8.70. The van der Waals surface area contributed by atoms with E-state index in [1.807, 2.05) is 13.8 Å². The van der Waals surface area contributed by atoms with Gasteiger partial charge in [-0.15, -0.1) is 0 Å². The first kappa shape index (κ1) is 19.8. The van der Waals surface area contributed by atoms with Gasteiger partial charge in [0, 0.05) is 13.1 Å². The van der Waals surface area contributed by atoms with Crippen molar-refractivity contribution >= 4 is 33.6 Å². The average molecular weight is 426 g/mol. The second-order valence-corrected chi connectivity index (χ2v) is 6.20. The van der Waals surface area contributed by atoms with Crippen molar-refractivity contribution in [3.63, 3.8) is 0 Å². The molecule has 0 saturated heterocycles. The minimum atomic E-state index is -0.650. The molecule has 0 aliphatic rings. The Bertz CT molecular complexity index is 819. The van der Waals surface area contributed by atoms with Crippen LogP contribution in [0.3, 0.4) is 0 Å². The number of hydrogen-bond acceptors (Lipinski definition) is 6. The van der Waals surface area contributed by atoms with Crippen LogP contribution in [0.1, 0.15) is 23.0 Å². The molecule has 9 heteroatoms. The lowest BCUT2D eigenvalue weighted by Crippen LogP contribution is -2.22. The normalized spacial score (nSPS) is 10.3. The van der Waals surface area contributed by atoms with E-state index in [2.05, 4.69) is 26.3 Å². The van der Waals surface area contributed by atoms with E-state index >= 15 is 0 Å². The third-order valence-electron chi connectivity index (χ3n) is 3.36. The molecule has 0 bridgehead atoms. The average Bonchev–Trinajstić information content (AvgIpc) is 2.91. The third kappa shape index (κ3) is 4.75. The van der Waals surface area contributed by atoms with E-state index in [9.17, 15) is 9.59 Å². The van der Waals surface area contributed by atoms with Crippen molar-refractivity contribution in [3.8, 4) is 11.5 Å². The number of esters is 1. The van der Waals surface area contributed by atoms with Gasteiger partial charge in [0.15, 0.2) is 18.1 Å². The number of halogens is 1. The Kier molecular flexibility index (Phi) is 6.62. The number of benzene rings is 1. The maximum atomic E-state index is 12.2. The van der Waals surface area contributed by atoms with Gasteiger partial charge in [-0.2, -0.15) is 5.10 Å². The summed E-state index contributed by atoms with van der Waals surface area (Å²) in [5.41, 5.74) is 1.01. The molecule has 140 valence electrons. The third-order valence-corrected chi connectivity index (χ3v) is 3.95. The van der Waals surface area contributed by atoms with Crippen molar-refractivity contribution < 1.29 is 23.8 Å². The predicted octanol–water partition coefficient (Wildman–Crippen LogP) is 2.69. The molecule has 8 nitrogen and oxygen atoms in total. The fourth-order valence-electron chi connectivity index (χ4n) is 2.24. The molecule has 1 N–H and O–H groups in total. The highest BCUT2D eigenvalue weighted by Crippen LogP contribution is 2.36. The van der Waals surface area contributed by atoms with Gasteiger partial charge in [-0.1, -0.05) is 0 Å². The lowest BCUT2D eigenvalue weighted by atomic mass is 10.2. The fraction of sp³-hybridized carbons (Fsp3) is 0.353. The Hall–Kier alpha value is -2.55. The van der Waals surface area contributed by atoms with Gasteiger partial charge in [0.2, 0.25) is 0 Å². The van der Waals surface area contributed by atoms with Crippen molar-refractivity contribution in [1.82, 2.24) is 9.78 Å². The van der Waals surface area contributed by atoms with Crippen molar-refractivity contribution in [2.45, 2.75) is 13.8 Å². The number of aromatic nitrogens is 2. The van der Waals surface area contributed by atoms with Crippen LogP contribution >= 0.6 is 15.9 Å². The van der Waals surface area contributed by atoms with E-state index in [1.54, 1.807) is 19.2 Å². The number of amides is 1. The summed E-state index contributed by atoms with van der Waals surface area (Å²) in [6.45, 7) is 3.69. The number of ether oxygens (including phenoxy) is 3. The van der Waals surface area contributed by atoms with Crippen molar-refractivity contribution in [2.24, 2.45) is 7.05 Å². The van der Waals surface area contributed by atoms with Crippen LogP contribution in [0.5, 0.6) is 11.5 Å². The zero-order valence-corrected chi connectivity index (χ0v) is 16.5. The minimum Gasteiger partial charge on any atom is -0.493 e. The first-order valence-electron chi connectivity index (χ1n) is 7.83. The summed E-state index contributed by atoms with van der Waals surface area (Å²) in [7, 11) is 3.18. The number of anilines is 1. The molecular weight excluding hydrogens is 406 g/mol. The summed E-state index contributed by atoms with van der Waals surface area (Å²) in [5, 5.41) is 6.75. The van der Waals surface area contributed by atoms with Gasteiger partial charge in [-0.05, 0) is 41.9 Å². The molecule has 0 aliphatic heterocycles. The summed E-state index contributed by atoms with van der Waals surface area (Å²) >= 11 is 3.34. The number of nitrogens with zero attached hydrogens (tertiary/aromatic N) is 2. The van der Waals surface area contributed by atoms with Crippen LogP contribution in [-0.4, -0.2) is 42.0 Å². The molecule has 0 spiro atoms. The SMILES string of the molecule is CCOc1c(Br)cc(C(=O)OCC(=O)Nc2cc(C)nn2C)cc1OC. The molecule has 0 atom stereocenters. The first-order valence-corrected chi connectivity index (χ1v) is 8.63. The Balaban J connectivity index is 2.02. The molecule has 1 aromatic heterocycles. The van der Waals surface area contributed by atoms with Gasteiger partial charge in [0.1, 0.15) is 5.82 Å². The monoisotopic (exact) mass is 425 g/mol. The highest BCUT2D eigenvalue weighted by atomic mass is 79.9. The predicted molar refractivity (Wildman–Crippen MR) is 98.7 cm³/mol. The molecule has 2 aromatic rings. The summed E-state index contributed by atoms with van der Waals surface area (Å²) < 4.78 is 17.9. The molecule has 0 aliphatic carbocycles. The Labute approximate surface area is 159 Å². The van der Waals surface area contributed by atoms with Crippen LogP contribution in [0.4, 0.5) is 5.82 Å². The van der Waals surface area contributed by atoms with Crippen molar-refractivity contribution in [3.05, 3.63) is 33.9 Å². The van der Waals surface area contributed by atoms with E-state index < -0.39 is 18.5 Å². The summed E-state index contributed by atoms with van der Waals surface area (Å²) in [4.78, 5) is 24.2. The molecule has 0 saturated carbocycles. The number of methoxy groups -OCH3 is 1. The molecule has 0 unspecified atom stereocenters. The number of nitrogens with one attached hydrogen (secondary N) is 1. The van der Waals surface area contributed by atoms with E-state index in [-0.39, 0.29) is 5.56 Å². The van der Waals surface area contributed by atoms with Gasteiger partial charge >= 0.3 is 5.97 Å². The molecular formula is C17H20BrN3O5. The van der Waals surface area contributed by atoms with Gasteiger partial charge in [0.25, 0.3) is 5.91 Å². The van der Waals surface area contributed by atoms with Gasteiger partial charge in [-0.3, -0.25) is 9.48 Å². The molecule has 26 heavy (non-hydrogen) atoms. The van der Waals surface area contributed by atoms with Crippen LogP contribution < -0.4 is 14.8 Å². The number of rotatable bonds is 7. The minimum absolute atomic E-state index is 0.237. The van der Waals surface area contributed by atoms with Gasteiger partial charge in [0.05, 0.1) is 29.4 Å². The van der Waals surface area contributed by atoms with Gasteiger partial charge in [-0.25, -0.2) is 4.79 Å². The van der Waals surface area contributed by atoms with E-state index in [0.29, 0.717) is 28.4 Å².